The summed E-state index contributed by atoms with van der Waals surface area (Å²) in [5.41, 5.74) is 14.9. The summed E-state index contributed by atoms with van der Waals surface area (Å²) in [7, 11) is 1.80. The van der Waals surface area contributed by atoms with Crippen molar-refractivity contribution in [2.45, 2.75) is 41.5 Å². The van der Waals surface area contributed by atoms with Crippen LogP contribution in [0.15, 0.2) is 145 Å². The molecule has 1 aliphatic rings. The third kappa shape index (κ3) is 7.77. The molecule has 0 radical (unpaired) electrons. The summed E-state index contributed by atoms with van der Waals surface area (Å²) in [5.74, 6) is 0. The highest BCUT2D eigenvalue weighted by Gasteiger charge is 2.29. The Labute approximate surface area is 351 Å². The van der Waals surface area contributed by atoms with Crippen molar-refractivity contribution in [2.75, 3.05) is 29.9 Å². The van der Waals surface area contributed by atoms with Crippen LogP contribution in [0.5, 0.6) is 0 Å². The van der Waals surface area contributed by atoms with Crippen molar-refractivity contribution in [3.05, 3.63) is 194 Å². The molecule has 7 rings (SSSR count). The lowest BCUT2D eigenvalue weighted by molar-refractivity contribution is -0.435. The molecule has 0 fully saturated rings. The maximum atomic E-state index is 12.2. The predicted octanol–water partition coefficient (Wildman–Crippen LogP) is 13.1. The highest BCUT2D eigenvalue weighted by Crippen LogP contribution is 2.50. The lowest BCUT2D eigenvalue weighted by Gasteiger charge is -2.27. The van der Waals surface area contributed by atoms with Crippen molar-refractivity contribution in [2.24, 2.45) is 0 Å². The van der Waals surface area contributed by atoms with E-state index in [4.69, 9.17) is 0 Å². The molecule has 0 saturated heterocycles. The third-order valence-electron chi connectivity index (χ3n) is 11.0. The number of hydrogen-bond acceptors (Lipinski definition) is 6. The molecule has 1 aromatic heterocycles. The number of nitrogens with zero attached hydrogens (tertiary/aromatic N) is 5. The van der Waals surface area contributed by atoms with E-state index in [2.05, 4.69) is 142 Å². The molecule has 0 spiro atoms. The molecule has 8 heteroatoms. The first kappa shape index (κ1) is 40.4. The summed E-state index contributed by atoms with van der Waals surface area (Å²) in [5, 5.41) is 23.9. The largest absolute Gasteiger partial charge is 0.341 e. The topological polar surface area (TPSA) is 76.4 Å². The molecule has 0 saturated carbocycles. The van der Waals surface area contributed by atoms with E-state index in [0.717, 1.165) is 57.2 Å². The highest BCUT2D eigenvalue weighted by atomic mass is 32.1. The van der Waals surface area contributed by atoms with Gasteiger partial charge in [-0.3, -0.25) is 10.1 Å². The summed E-state index contributed by atoms with van der Waals surface area (Å²) >= 11 is 1.48. The summed E-state index contributed by atoms with van der Waals surface area (Å²) < 4.78 is 2.35. The molecule has 59 heavy (non-hydrogen) atoms. The Balaban J connectivity index is 1.48. The van der Waals surface area contributed by atoms with Crippen LogP contribution in [-0.4, -0.2) is 35.3 Å². The molecular formula is C51H48N5O2S+. The van der Waals surface area contributed by atoms with Gasteiger partial charge in [0.1, 0.15) is 23.3 Å². The van der Waals surface area contributed by atoms with Crippen molar-refractivity contribution in [1.82, 2.24) is 0 Å². The first-order valence-electron chi connectivity index (χ1n) is 19.9. The number of allylic oxidation sites excluding steroid dienone is 5. The number of thiophene rings is 1. The number of aryl methyl sites for hydroxylation is 4. The molecule has 294 valence electrons. The second-order valence-corrected chi connectivity index (χ2v) is 15.7. The summed E-state index contributed by atoms with van der Waals surface area (Å²) in [4.78, 5) is 16.9. The van der Waals surface area contributed by atoms with E-state index in [9.17, 15) is 15.4 Å². The zero-order valence-corrected chi connectivity index (χ0v) is 35.5. The molecule has 1 heterocycles. The van der Waals surface area contributed by atoms with Crippen LogP contribution in [-0.2, 0) is 0 Å². The van der Waals surface area contributed by atoms with Gasteiger partial charge >= 0.3 is 0 Å². The molecule has 0 atom stereocenters. The number of anilines is 4. The third-order valence-corrected chi connectivity index (χ3v) is 12.3. The second-order valence-electron chi connectivity index (χ2n) is 14.7. The molecule has 0 bridgehead atoms. The highest BCUT2D eigenvalue weighted by molar-refractivity contribution is 7.18. The molecule has 6 aromatic rings. The maximum absolute atomic E-state index is 12.2. The molecule has 0 amide bonds. The van der Waals surface area contributed by atoms with Crippen LogP contribution in [0.2, 0.25) is 0 Å². The number of benzene rings is 5. The number of nitriles is 1. The molecule has 5 aromatic carbocycles. The first-order chi connectivity index (χ1) is 28.6. The van der Waals surface area contributed by atoms with Crippen LogP contribution in [0, 0.1) is 49.1 Å². The molecule has 1 aliphatic carbocycles. The number of nitro groups is 1. The van der Waals surface area contributed by atoms with Gasteiger partial charge in [-0.2, -0.15) is 9.84 Å². The number of nitro benzene ring substituents is 1. The Morgan fingerprint density at radius 2 is 1.34 bits per heavy atom. The fraction of sp³-hybridized carbons (Fsp3) is 0.176. The number of para-hydroxylation sites is 4. The van der Waals surface area contributed by atoms with E-state index in [-0.39, 0.29) is 10.6 Å². The Morgan fingerprint density at radius 1 is 0.746 bits per heavy atom. The van der Waals surface area contributed by atoms with E-state index in [1.54, 1.807) is 30.1 Å². The van der Waals surface area contributed by atoms with Gasteiger partial charge in [-0.05, 0) is 99.7 Å². The van der Waals surface area contributed by atoms with E-state index in [1.165, 1.54) is 51.0 Å². The predicted molar refractivity (Wildman–Crippen MR) is 246 cm³/mol. The average Bonchev–Trinajstić information content (AvgIpc) is 3.63. The van der Waals surface area contributed by atoms with Crippen molar-refractivity contribution in [3.8, 4) is 17.2 Å². The van der Waals surface area contributed by atoms with Crippen LogP contribution in [0.4, 0.5) is 33.4 Å². The summed E-state index contributed by atoms with van der Waals surface area (Å²) in [6.45, 7) is 14.6. The van der Waals surface area contributed by atoms with Crippen molar-refractivity contribution in [1.29, 1.82) is 5.26 Å². The maximum Gasteiger partial charge on any atom is 0.292 e. The Kier molecular flexibility index (Phi) is 11.9. The van der Waals surface area contributed by atoms with E-state index >= 15 is 0 Å². The summed E-state index contributed by atoms with van der Waals surface area (Å²) in [6.07, 6.45) is 8.71. The molecule has 7 nitrogen and oxygen atoms in total. The minimum atomic E-state index is -0.374. The smallest absolute Gasteiger partial charge is 0.292 e. The van der Waals surface area contributed by atoms with Gasteiger partial charge in [-0.1, -0.05) is 91.0 Å². The minimum Gasteiger partial charge on any atom is -0.341 e. The fourth-order valence-corrected chi connectivity index (χ4v) is 9.61. The van der Waals surface area contributed by atoms with Gasteiger partial charge in [-0.15, -0.1) is 11.3 Å². The normalized spacial score (nSPS) is 12.0. The van der Waals surface area contributed by atoms with Gasteiger partial charge in [0.15, 0.2) is 0 Å². The standard InChI is InChI=1S/C51H48N5O2S/c1-8-54(48-34(3)17-15-18-35(48)4)41-29-25-39(26-30-41)46(40-27-31-42(32-28-40)55(9-2)49-36(5)19-16-20-37(49)6)50-47(38-21-11-10-12-22-38)43(33-52)51(59-50)53(7)44-23-13-14-24-45(44)56(57)58/h10-32H,8-9H2,1-7H3/q+1. The monoisotopic (exact) mass is 794 g/mol. The van der Waals surface area contributed by atoms with Crippen LogP contribution in [0.25, 0.3) is 16.7 Å². The van der Waals surface area contributed by atoms with Gasteiger partial charge in [0.2, 0.25) is 11.4 Å². The Hall–Kier alpha value is -6.82. The van der Waals surface area contributed by atoms with Gasteiger partial charge < -0.3 is 9.80 Å². The van der Waals surface area contributed by atoms with Gasteiger partial charge in [0, 0.05) is 70.3 Å². The molecule has 0 N–H and O–H groups in total. The van der Waals surface area contributed by atoms with Gasteiger partial charge in [0.05, 0.1) is 10.5 Å². The van der Waals surface area contributed by atoms with Crippen LogP contribution in [0.1, 0.15) is 52.1 Å². The number of rotatable bonds is 11. The van der Waals surface area contributed by atoms with Crippen molar-refractivity contribution < 1.29 is 9.50 Å². The lowest BCUT2D eigenvalue weighted by Crippen LogP contribution is -2.18. The fourth-order valence-electron chi connectivity index (χ4n) is 8.27. The molecule has 0 unspecified atom stereocenters. The average molecular weight is 795 g/mol. The SMILES string of the molecule is CCN(c1ccc(C(=C2C=CC(=[N+](CC)c3c(C)cccc3C)C=C2)c2sc(N(C)c3ccccc3[N+](=O)[O-])c(C#N)c2-c2ccccc2)cc1)c1c(C)cccc1C. The van der Waals surface area contributed by atoms with Crippen molar-refractivity contribution >= 4 is 56.1 Å². The zero-order valence-electron chi connectivity index (χ0n) is 34.7. The Bertz CT molecular complexity index is 2670. The van der Waals surface area contributed by atoms with Gasteiger partial charge in [-0.25, -0.2) is 0 Å². The Morgan fingerprint density at radius 3 is 1.92 bits per heavy atom. The van der Waals surface area contributed by atoms with Crippen LogP contribution >= 0.6 is 11.3 Å². The van der Waals surface area contributed by atoms with Crippen LogP contribution < -0.4 is 9.80 Å². The first-order valence-corrected chi connectivity index (χ1v) is 20.7. The van der Waals surface area contributed by atoms with E-state index in [0.29, 0.717) is 16.3 Å². The zero-order chi connectivity index (χ0) is 41.8. The van der Waals surface area contributed by atoms with Gasteiger partial charge in [0.25, 0.3) is 5.69 Å². The minimum absolute atomic E-state index is 0.0285. The quantitative estimate of drug-likeness (QED) is 0.0741. The van der Waals surface area contributed by atoms with Crippen LogP contribution in [0.3, 0.4) is 0 Å². The summed E-state index contributed by atoms with van der Waals surface area (Å²) in [6, 6.07) is 40.7. The van der Waals surface area contributed by atoms with E-state index < -0.39 is 0 Å². The van der Waals surface area contributed by atoms with E-state index in [1.807, 2.05) is 30.3 Å². The molecular weight excluding hydrogens is 747 g/mol. The number of hydrogen-bond donors (Lipinski definition) is 0. The lowest BCUT2D eigenvalue weighted by atomic mass is 9.90. The molecule has 0 aliphatic heterocycles. The van der Waals surface area contributed by atoms with Crippen molar-refractivity contribution in [3.63, 3.8) is 0 Å². The second kappa shape index (κ2) is 17.4.